The van der Waals surface area contributed by atoms with E-state index in [0.29, 0.717) is 17.3 Å². The zero-order chi connectivity index (χ0) is 13.0. The quantitative estimate of drug-likeness (QED) is 0.650. The molecule has 0 aromatic heterocycles. The first-order valence-corrected chi connectivity index (χ1v) is 6.61. The van der Waals surface area contributed by atoms with Gasteiger partial charge in [0.05, 0.1) is 0 Å². The maximum Gasteiger partial charge on any atom is 0.261 e. The second-order valence-electron chi connectivity index (χ2n) is 3.82. The lowest BCUT2D eigenvalue weighted by Gasteiger charge is -2.09. The monoisotopic (exact) mass is 262 g/mol. The molecule has 4 nitrogen and oxygen atoms in total. The zero-order valence-corrected chi connectivity index (χ0v) is 10.8. The molecule has 1 aromatic carbocycles. The minimum absolute atomic E-state index is 0.00317. The number of nitrogens with one attached hydrogen (secondary N) is 1. The molecule has 2 rings (SSSR count). The van der Waals surface area contributed by atoms with E-state index in [4.69, 9.17) is 0 Å². The number of benzene rings is 1. The number of hydrogen-bond donors (Lipinski definition) is 2. The summed E-state index contributed by atoms with van der Waals surface area (Å²) in [6.07, 6.45) is 0. The van der Waals surface area contributed by atoms with Crippen LogP contribution in [0.1, 0.15) is 6.92 Å². The van der Waals surface area contributed by atoms with Crippen molar-refractivity contribution in [1.29, 1.82) is 0 Å². The molecule has 0 spiro atoms. The van der Waals surface area contributed by atoms with Gasteiger partial charge < -0.3 is 10.4 Å². The molecule has 0 aliphatic carbocycles. The van der Waals surface area contributed by atoms with Gasteiger partial charge in [-0.2, -0.15) is 0 Å². The summed E-state index contributed by atoms with van der Waals surface area (Å²) in [7, 11) is 0. The Hall–Kier alpha value is -1.75. The third-order valence-electron chi connectivity index (χ3n) is 2.42. The van der Waals surface area contributed by atoms with Crippen LogP contribution in [0.3, 0.4) is 0 Å². The van der Waals surface area contributed by atoms with Crippen molar-refractivity contribution in [1.82, 2.24) is 0 Å². The van der Waals surface area contributed by atoms with Crippen LogP contribution in [0.2, 0.25) is 0 Å². The number of carbonyl (C=O) groups excluding carboxylic acids is 1. The van der Waals surface area contributed by atoms with E-state index in [9.17, 15) is 9.90 Å². The summed E-state index contributed by atoms with van der Waals surface area (Å²) in [6, 6.07) is 9.15. The summed E-state index contributed by atoms with van der Waals surface area (Å²) in [5, 5.41) is 13.0. The van der Waals surface area contributed by atoms with E-state index < -0.39 is 0 Å². The zero-order valence-electron chi connectivity index (χ0n) is 10.0. The predicted octanol–water partition coefficient (Wildman–Crippen LogP) is 2.60. The highest BCUT2D eigenvalue weighted by molar-refractivity contribution is 8.14. The summed E-state index contributed by atoms with van der Waals surface area (Å²) in [4.78, 5) is 16.3. The molecule has 1 aliphatic rings. The fraction of sp³-hybridized carbons (Fsp3) is 0.231. The van der Waals surface area contributed by atoms with Crippen molar-refractivity contribution in [3.63, 3.8) is 0 Å². The third-order valence-corrected chi connectivity index (χ3v) is 3.41. The third kappa shape index (κ3) is 2.92. The van der Waals surface area contributed by atoms with Crippen molar-refractivity contribution < 1.29 is 9.90 Å². The molecule has 0 radical (unpaired) electrons. The van der Waals surface area contributed by atoms with Gasteiger partial charge >= 0.3 is 0 Å². The van der Waals surface area contributed by atoms with E-state index in [0.717, 1.165) is 5.75 Å². The molecular weight excluding hydrogens is 248 g/mol. The van der Waals surface area contributed by atoms with Gasteiger partial charge in [-0.15, -0.1) is 11.8 Å². The first-order valence-electron chi connectivity index (χ1n) is 5.62. The molecule has 0 unspecified atom stereocenters. The van der Waals surface area contributed by atoms with Crippen LogP contribution < -0.4 is 5.32 Å². The Morgan fingerprint density at radius 2 is 2.11 bits per heavy atom. The summed E-state index contributed by atoms with van der Waals surface area (Å²) in [6.45, 7) is 2.19. The number of para-hydroxylation sites is 1. The largest absolute Gasteiger partial charge is 0.512 e. The van der Waals surface area contributed by atoms with Crippen molar-refractivity contribution in [2.75, 3.05) is 17.6 Å². The smallest absolute Gasteiger partial charge is 0.261 e. The van der Waals surface area contributed by atoms with Crippen LogP contribution in [0.4, 0.5) is 5.69 Å². The Morgan fingerprint density at radius 3 is 2.67 bits per heavy atom. The van der Waals surface area contributed by atoms with E-state index >= 15 is 0 Å². The van der Waals surface area contributed by atoms with Gasteiger partial charge in [-0.3, -0.25) is 9.79 Å². The number of nitrogens with zero attached hydrogens (tertiary/aromatic N) is 1. The summed E-state index contributed by atoms with van der Waals surface area (Å²) in [5.74, 6) is 0.524. The number of carbonyl (C=O) groups is 1. The van der Waals surface area contributed by atoms with Crippen LogP contribution in [0.25, 0.3) is 0 Å². The standard InChI is InChI=1S/C13H14N2O2S/c1-9(16)11(13-14-7-8-18-13)12(17)15-10-5-3-2-4-6-10/h2-6,16H,7-8H2,1H3,(H,15,17). The highest BCUT2D eigenvalue weighted by Crippen LogP contribution is 2.22. The number of rotatable bonds is 3. The molecule has 1 amide bonds. The lowest BCUT2D eigenvalue weighted by Crippen LogP contribution is -2.20. The Morgan fingerprint density at radius 1 is 1.39 bits per heavy atom. The highest BCUT2D eigenvalue weighted by atomic mass is 32.2. The molecule has 18 heavy (non-hydrogen) atoms. The van der Waals surface area contributed by atoms with Crippen LogP contribution in [-0.4, -0.2) is 28.4 Å². The van der Waals surface area contributed by atoms with Crippen molar-refractivity contribution in [2.24, 2.45) is 4.99 Å². The SMILES string of the molecule is CC(O)=C(C(=O)Nc1ccccc1)C1=NCCS1. The molecule has 0 bridgehead atoms. The number of allylic oxidation sites excluding steroid dienone is 1. The fourth-order valence-corrected chi connectivity index (χ4v) is 2.56. The molecule has 2 N–H and O–H groups in total. The highest BCUT2D eigenvalue weighted by Gasteiger charge is 2.22. The lowest BCUT2D eigenvalue weighted by atomic mass is 10.2. The average molecular weight is 262 g/mol. The van der Waals surface area contributed by atoms with Crippen molar-refractivity contribution in [3.05, 3.63) is 41.7 Å². The first-order chi connectivity index (χ1) is 8.68. The minimum atomic E-state index is -0.325. The molecule has 5 heteroatoms. The molecular formula is C13H14N2O2S. The summed E-state index contributed by atoms with van der Waals surface area (Å²) in [5.41, 5.74) is 0.964. The molecule has 0 atom stereocenters. The molecule has 1 heterocycles. The number of amides is 1. The lowest BCUT2D eigenvalue weighted by molar-refractivity contribution is -0.112. The Balaban J connectivity index is 2.18. The normalized spacial score (nSPS) is 15.9. The Bertz CT molecular complexity index is 505. The number of aliphatic hydroxyl groups excluding tert-OH is 1. The minimum Gasteiger partial charge on any atom is -0.512 e. The van der Waals surface area contributed by atoms with Crippen LogP contribution in [0, 0.1) is 0 Å². The Labute approximate surface area is 110 Å². The number of anilines is 1. The van der Waals surface area contributed by atoms with Crippen LogP contribution in [0.5, 0.6) is 0 Å². The van der Waals surface area contributed by atoms with Crippen LogP contribution in [-0.2, 0) is 4.79 Å². The summed E-state index contributed by atoms with van der Waals surface area (Å²) >= 11 is 1.49. The van der Waals surface area contributed by atoms with Crippen LogP contribution >= 0.6 is 11.8 Å². The number of hydrogen-bond acceptors (Lipinski definition) is 4. The van der Waals surface area contributed by atoms with Gasteiger partial charge in [-0.1, -0.05) is 18.2 Å². The topological polar surface area (TPSA) is 61.7 Å². The average Bonchev–Trinajstić information content (AvgIpc) is 2.83. The number of aliphatic hydroxyl groups is 1. The van der Waals surface area contributed by atoms with Gasteiger partial charge in [0.1, 0.15) is 16.4 Å². The fourth-order valence-electron chi connectivity index (χ4n) is 1.62. The molecule has 0 saturated heterocycles. The number of aliphatic imine (C=N–C) groups is 1. The maximum absolute atomic E-state index is 12.1. The van der Waals surface area contributed by atoms with Crippen LogP contribution in [0.15, 0.2) is 46.7 Å². The van der Waals surface area contributed by atoms with Gasteiger partial charge in [0, 0.05) is 18.0 Å². The molecule has 0 fully saturated rings. The molecule has 1 aromatic rings. The van der Waals surface area contributed by atoms with Gasteiger partial charge in [0.2, 0.25) is 0 Å². The summed E-state index contributed by atoms with van der Waals surface area (Å²) < 4.78 is 0. The van der Waals surface area contributed by atoms with Crippen molar-refractivity contribution in [3.8, 4) is 0 Å². The van der Waals surface area contributed by atoms with Crippen molar-refractivity contribution >= 4 is 28.4 Å². The second-order valence-corrected chi connectivity index (χ2v) is 4.90. The van der Waals surface area contributed by atoms with E-state index in [-0.39, 0.29) is 17.2 Å². The molecule has 1 aliphatic heterocycles. The Kier molecular flexibility index (Phi) is 4.04. The molecule has 0 saturated carbocycles. The van der Waals surface area contributed by atoms with Gasteiger partial charge in [0.25, 0.3) is 5.91 Å². The predicted molar refractivity (Wildman–Crippen MR) is 75.2 cm³/mol. The van der Waals surface area contributed by atoms with Gasteiger partial charge in [-0.25, -0.2) is 0 Å². The van der Waals surface area contributed by atoms with Crippen molar-refractivity contribution in [2.45, 2.75) is 6.92 Å². The van der Waals surface area contributed by atoms with E-state index in [1.54, 1.807) is 12.1 Å². The van der Waals surface area contributed by atoms with E-state index in [2.05, 4.69) is 10.3 Å². The number of thioether (sulfide) groups is 1. The molecule has 94 valence electrons. The second kappa shape index (κ2) is 5.73. The van der Waals surface area contributed by atoms with Gasteiger partial charge in [-0.05, 0) is 19.1 Å². The van der Waals surface area contributed by atoms with E-state index in [1.807, 2.05) is 18.2 Å². The first kappa shape index (κ1) is 12.7. The van der Waals surface area contributed by atoms with E-state index in [1.165, 1.54) is 18.7 Å². The van der Waals surface area contributed by atoms with Gasteiger partial charge in [0.15, 0.2) is 0 Å². The maximum atomic E-state index is 12.1.